The van der Waals surface area contributed by atoms with E-state index in [4.69, 9.17) is 17.2 Å². The van der Waals surface area contributed by atoms with Crippen molar-refractivity contribution in [1.82, 2.24) is 9.97 Å². The Kier molecular flexibility index (Phi) is 3.42. The van der Waals surface area contributed by atoms with Crippen LogP contribution in [0.1, 0.15) is 5.56 Å². The first kappa shape index (κ1) is 12.3. The quantitative estimate of drug-likeness (QED) is 0.284. The van der Waals surface area contributed by atoms with Crippen LogP contribution in [-0.2, 0) is 5.75 Å². The van der Waals surface area contributed by atoms with Gasteiger partial charge in [0.25, 0.3) is 0 Å². The fraction of sp³-hybridized carbons (Fsp3) is 0.0909. The van der Waals surface area contributed by atoms with Crippen LogP contribution < -0.4 is 17.2 Å². The van der Waals surface area contributed by atoms with Crippen molar-refractivity contribution in [1.29, 1.82) is 0 Å². The molecule has 0 atom stereocenters. The molecule has 0 radical (unpaired) electrons. The van der Waals surface area contributed by atoms with Gasteiger partial charge in [-0.3, -0.25) is 0 Å². The number of hydrogen-bond acceptors (Lipinski definition) is 7. The second-order valence-corrected chi connectivity index (χ2v) is 4.62. The summed E-state index contributed by atoms with van der Waals surface area (Å²) < 4.78 is 0. The monoisotopic (exact) mass is 263 g/mol. The molecular weight excluding hydrogens is 250 g/mol. The van der Waals surface area contributed by atoms with Gasteiger partial charge in [-0.05, 0) is 18.2 Å². The van der Waals surface area contributed by atoms with Gasteiger partial charge in [0.15, 0.2) is 5.16 Å². The van der Waals surface area contributed by atoms with Crippen molar-refractivity contribution < 1.29 is 5.11 Å². The number of thioether (sulfide) groups is 1. The van der Waals surface area contributed by atoms with Crippen molar-refractivity contribution in [2.75, 3.05) is 17.2 Å². The first-order valence-electron chi connectivity index (χ1n) is 5.15. The van der Waals surface area contributed by atoms with Crippen molar-refractivity contribution in [3.8, 4) is 5.75 Å². The predicted molar refractivity (Wildman–Crippen MR) is 72.9 cm³/mol. The maximum atomic E-state index is 9.66. The Bertz CT molecular complexity index is 555. The minimum absolute atomic E-state index is 0.188. The maximum Gasteiger partial charge on any atom is 0.191 e. The summed E-state index contributed by atoms with van der Waals surface area (Å²) in [7, 11) is 0. The standard InChI is InChI=1S/C11H13N5OS/c12-7-1-2-8(17)6(3-7)5-18-11-15-9(13)4-10(14)16-11/h1-4,17H,5,12H2,(H4,13,14,15,16). The second-order valence-electron chi connectivity index (χ2n) is 3.68. The van der Waals surface area contributed by atoms with E-state index in [9.17, 15) is 5.11 Å². The van der Waals surface area contributed by atoms with Crippen LogP contribution in [0.2, 0.25) is 0 Å². The van der Waals surface area contributed by atoms with Gasteiger partial charge in [-0.25, -0.2) is 9.97 Å². The Morgan fingerprint density at radius 1 is 1.06 bits per heavy atom. The van der Waals surface area contributed by atoms with E-state index >= 15 is 0 Å². The molecule has 94 valence electrons. The number of nitrogen functional groups attached to an aromatic ring is 3. The predicted octanol–water partition coefficient (Wildman–Crippen LogP) is 1.22. The molecule has 0 aliphatic rings. The van der Waals surface area contributed by atoms with Crippen LogP contribution in [0.4, 0.5) is 17.3 Å². The minimum atomic E-state index is 0.188. The number of nitrogens with two attached hydrogens (primary N) is 3. The number of aromatic hydroxyl groups is 1. The number of nitrogens with zero attached hydrogens (tertiary/aromatic N) is 2. The molecule has 1 aromatic carbocycles. The van der Waals surface area contributed by atoms with Crippen molar-refractivity contribution >= 4 is 29.1 Å². The molecule has 18 heavy (non-hydrogen) atoms. The zero-order valence-electron chi connectivity index (χ0n) is 9.50. The molecule has 0 bridgehead atoms. The lowest BCUT2D eigenvalue weighted by Gasteiger charge is -2.05. The average molecular weight is 263 g/mol. The number of aromatic nitrogens is 2. The summed E-state index contributed by atoms with van der Waals surface area (Å²) in [6.07, 6.45) is 0. The van der Waals surface area contributed by atoms with E-state index in [2.05, 4.69) is 9.97 Å². The van der Waals surface area contributed by atoms with Crippen molar-refractivity contribution in [2.24, 2.45) is 0 Å². The number of hydrogen-bond donors (Lipinski definition) is 4. The Hall–Kier alpha value is -2.15. The zero-order chi connectivity index (χ0) is 13.1. The van der Waals surface area contributed by atoms with Gasteiger partial charge in [0.1, 0.15) is 17.4 Å². The van der Waals surface area contributed by atoms with Crippen LogP contribution in [0, 0.1) is 0 Å². The Balaban J connectivity index is 2.13. The molecule has 1 heterocycles. The Labute approximate surface area is 108 Å². The molecule has 2 rings (SSSR count). The van der Waals surface area contributed by atoms with Crippen LogP contribution in [-0.4, -0.2) is 15.1 Å². The van der Waals surface area contributed by atoms with Gasteiger partial charge in [-0.1, -0.05) is 11.8 Å². The Morgan fingerprint density at radius 3 is 2.39 bits per heavy atom. The SMILES string of the molecule is Nc1ccc(O)c(CSc2nc(N)cc(N)n2)c1. The molecule has 0 amide bonds. The van der Waals surface area contributed by atoms with Gasteiger partial charge in [0.2, 0.25) is 0 Å². The maximum absolute atomic E-state index is 9.66. The highest BCUT2D eigenvalue weighted by Crippen LogP contribution is 2.27. The highest BCUT2D eigenvalue weighted by atomic mass is 32.2. The summed E-state index contributed by atoms with van der Waals surface area (Å²) in [5.74, 6) is 1.32. The molecule has 7 heteroatoms. The van der Waals surface area contributed by atoms with Crippen LogP contribution in [0.25, 0.3) is 0 Å². The van der Waals surface area contributed by atoms with Gasteiger partial charge in [0, 0.05) is 23.1 Å². The van der Waals surface area contributed by atoms with E-state index in [0.29, 0.717) is 33.8 Å². The number of phenolic OH excluding ortho intramolecular Hbond substituents is 1. The summed E-state index contributed by atoms with van der Waals surface area (Å²) in [5, 5.41) is 10.1. The minimum Gasteiger partial charge on any atom is -0.508 e. The third-order valence-electron chi connectivity index (χ3n) is 2.21. The highest BCUT2D eigenvalue weighted by Gasteiger charge is 2.06. The highest BCUT2D eigenvalue weighted by molar-refractivity contribution is 7.98. The number of phenols is 1. The lowest BCUT2D eigenvalue weighted by molar-refractivity contribution is 0.471. The van der Waals surface area contributed by atoms with Crippen LogP contribution in [0.5, 0.6) is 5.75 Å². The first-order valence-corrected chi connectivity index (χ1v) is 6.13. The molecule has 0 unspecified atom stereocenters. The fourth-order valence-electron chi connectivity index (χ4n) is 1.39. The number of rotatable bonds is 3. The molecule has 0 aliphatic heterocycles. The number of anilines is 3. The van der Waals surface area contributed by atoms with Gasteiger partial charge in [-0.2, -0.15) is 0 Å². The van der Waals surface area contributed by atoms with E-state index in [0.717, 1.165) is 0 Å². The summed E-state index contributed by atoms with van der Waals surface area (Å²) in [4.78, 5) is 8.08. The molecular formula is C11H13N5OS. The van der Waals surface area contributed by atoms with E-state index in [-0.39, 0.29) is 5.75 Å². The smallest absolute Gasteiger partial charge is 0.191 e. The van der Waals surface area contributed by atoms with Gasteiger partial charge in [0.05, 0.1) is 0 Å². The van der Waals surface area contributed by atoms with Gasteiger partial charge < -0.3 is 22.3 Å². The van der Waals surface area contributed by atoms with Crippen molar-refractivity contribution in [3.63, 3.8) is 0 Å². The lowest BCUT2D eigenvalue weighted by atomic mass is 10.2. The van der Waals surface area contributed by atoms with Crippen molar-refractivity contribution in [2.45, 2.75) is 10.9 Å². The van der Waals surface area contributed by atoms with Gasteiger partial charge >= 0.3 is 0 Å². The molecule has 1 aromatic heterocycles. The van der Waals surface area contributed by atoms with Crippen molar-refractivity contribution in [3.05, 3.63) is 29.8 Å². The molecule has 2 aromatic rings. The average Bonchev–Trinajstić information content (AvgIpc) is 2.29. The molecule has 0 fully saturated rings. The summed E-state index contributed by atoms with van der Waals surface area (Å²) in [6, 6.07) is 6.39. The number of benzene rings is 1. The van der Waals surface area contributed by atoms with E-state index < -0.39 is 0 Å². The molecule has 0 saturated heterocycles. The molecule has 7 N–H and O–H groups in total. The van der Waals surface area contributed by atoms with Gasteiger partial charge in [-0.15, -0.1) is 0 Å². The fourth-order valence-corrected chi connectivity index (χ4v) is 2.25. The van der Waals surface area contributed by atoms with E-state index in [1.54, 1.807) is 18.2 Å². The van der Waals surface area contributed by atoms with E-state index in [1.807, 2.05) is 0 Å². The molecule has 0 spiro atoms. The molecule has 0 saturated carbocycles. The molecule has 0 aliphatic carbocycles. The normalized spacial score (nSPS) is 10.4. The largest absolute Gasteiger partial charge is 0.508 e. The summed E-state index contributed by atoms with van der Waals surface area (Å²) in [5.41, 5.74) is 18.1. The third-order valence-corrected chi connectivity index (χ3v) is 3.10. The zero-order valence-corrected chi connectivity index (χ0v) is 10.3. The topological polar surface area (TPSA) is 124 Å². The van der Waals surface area contributed by atoms with Crippen LogP contribution in [0.3, 0.4) is 0 Å². The van der Waals surface area contributed by atoms with E-state index in [1.165, 1.54) is 17.8 Å². The molecule has 6 nitrogen and oxygen atoms in total. The first-order chi connectivity index (χ1) is 8.54. The van der Waals surface area contributed by atoms with Crippen LogP contribution >= 0.6 is 11.8 Å². The van der Waals surface area contributed by atoms with Crippen LogP contribution in [0.15, 0.2) is 29.4 Å². The second kappa shape index (κ2) is 5.01. The summed E-state index contributed by atoms with van der Waals surface area (Å²) in [6.45, 7) is 0. The Morgan fingerprint density at radius 2 is 1.72 bits per heavy atom. The summed E-state index contributed by atoms with van der Waals surface area (Å²) >= 11 is 1.33. The third kappa shape index (κ3) is 2.95. The lowest BCUT2D eigenvalue weighted by Crippen LogP contribution is -1.99.